The number of esters is 1. The summed E-state index contributed by atoms with van der Waals surface area (Å²) in [5, 5.41) is 3.39. The van der Waals surface area contributed by atoms with Crippen LogP contribution in [0.2, 0.25) is 0 Å². The normalized spacial score (nSPS) is 12.8. The average Bonchev–Trinajstić information content (AvgIpc) is 3.18. The number of alkyl halides is 6. The molecule has 0 aliphatic heterocycles. The summed E-state index contributed by atoms with van der Waals surface area (Å²) >= 11 is 0. The summed E-state index contributed by atoms with van der Waals surface area (Å²) in [4.78, 5) is 19.5. The standard InChI is InChI=1S/C20H16F6N4O4/c1-3-32-17(31)11(2)33-16-10-14(20(24,25)26)29-30(16)18-27-8-7-15(28-18)34-13-6-4-5-12(9-13)19(21,22)23/h4-11H,3H2,1-2H3. The summed E-state index contributed by atoms with van der Waals surface area (Å²) in [6.45, 7) is 2.83. The van der Waals surface area contributed by atoms with Gasteiger partial charge in [-0.1, -0.05) is 6.07 Å². The first-order valence-corrected chi connectivity index (χ1v) is 9.57. The van der Waals surface area contributed by atoms with Crippen LogP contribution in [0.1, 0.15) is 25.1 Å². The van der Waals surface area contributed by atoms with Gasteiger partial charge in [-0.05, 0) is 32.0 Å². The van der Waals surface area contributed by atoms with E-state index in [1.807, 2.05) is 0 Å². The van der Waals surface area contributed by atoms with E-state index in [0.29, 0.717) is 10.7 Å². The van der Waals surface area contributed by atoms with Gasteiger partial charge in [-0.15, -0.1) is 0 Å². The van der Waals surface area contributed by atoms with Crippen LogP contribution >= 0.6 is 0 Å². The smallest absolute Gasteiger partial charge is 0.435 e. The number of halogens is 6. The van der Waals surface area contributed by atoms with Gasteiger partial charge in [0.05, 0.1) is 12.2 Å². The maximum atomic E-state index is 13.2. The third-order valence-corrected chi connectivity index (χ3v) is 4.07. The van der Waals surface area contributed by atoms with Gasteiger partial charge < -0.3 is 14.2 Å². The zero-order chi connectivity index (χ0) is 25.1. The molecule has 1 atom stereocenters. The van der Waals surface area contributed by atoms with Crippen LogP contribution in [-0.2, 0) is 21.9 Å². The molecule has 0 spiro atoms. The number of hydrogen-bond donors (Lipinski definition) is 0. The first kappa shape index (κ1) is 24.8. The Morgan fingerprint density at radius 3 is 2.47 bits per heavy atom. The van der Waals surface area contributed by atoms with E-state index < -0.39 is 47.5 Å². The molecule has 8 nitrogen and oxygen atoms in total. The lowest BCUT2D eigenvalue weighted by Gasteiger charge is -2.14. The number of nitrogens with zero attached hydrogens (tertiary/aromatic N) is 4. The molecule has 3 rings (SSSR count). The highest BCUT2D eigenvalue weighted by Crippen LogP contribution is 2.34. The zero-order valence-corrected chi connectivity index (χ0v) is 17.5. The third-order valence-electron chi connectivity index (χ3n) is 4.07. The molecule has 2 heterocycles. The fourth-order valence-corrected chi connectivity index (χ4v) is 2.57. The van der Waals surface area contributed by atoms with Crippen LogP contribution in [0.5, 0.6) is 17.5 Å². The molecule has 0 saturated carbocycles. The number of hydrogen-bond acceptors (Lipinski definition) is 7. The van der Waals surface area contributed by atoms with Crippen molar-refractivity contribution in [3.8, 4) is 23.5 Å². The summed E-state index contributed by atoms with van der Waals surface area (Å²) < 4.78 is 94.4. The molecule has 0 fully saturated rings. The highest BCUT2D eigenvalue weighted by Gasteiger charge is 2.36. The first-order chi connectivity index (χ1) is 15.9. The van der Waals surface area contributed by atoms with Crippen molar-refractivity contribution >= 4 is 5.97 Å². The van der Waals surface area contributed by atoms with E-state index in [0.717, 1.165) is 24.4 Å². The molecule has 0 N–H and O–H groups in total. The van der Waals surface area contributed by atoms with Crippen LogP contribution in [0.3, 0.4) is 0 Å². The molecule has 0 amide bonds. The number of carbonyl (C=O) groups excluding carboxylic acids is 1. The van der Waals surface area contributed by atoms with Gasteiger partial charge in [-0.25, -0.2) is 9.78 Å². The van der Waals surface area contributed by atoms with Crippen molar-refractivity contribution in [2.45, 2.75) is 32.3 Å². The van der Waals surface area contributed by atoms with Gasteiger partial charge in [0, 0.05) is 18.3 Å². The van der Waals surface area contributed by atoms with Gasteiger partial charge in [-0.3, -0.25) is 0 Å². The summed E-state index contributed by atoms with van der Waals surface area (Å²) in [6.07, 6.45) is -9.66. The van der Waals surface area contributed by atoms with Crippen LogP contribution in [0.4, 0.5) is 26.3 Å². The summed E-state index contributed by atoms with van der Waals surface area (Å²) in [5.41, 5.74) is -2.32. The van der Waals surface area contributed by atoms with E-state index in [-0.39, 0.29) is 18.2 Å². The van der Waals surface area contributed by atoms with Crippen molar-refractivity contribution in [2.75, 3.05) is 6.61 Å². The Balaban J connectivity index is 1.94. The monoisotopic (exact) mass is 490 g/mol. The molecule has 182 valence electrons. The topological polar surface area (TPSA) is 88.4 Å². The second-order valence-corrected chi connectivity index (χ2v) is 6.61. The van der Waals surface area contributed by atoms with E-state index >= 15 is 0 Å². The predicted octanol–water partition coefficient (Wildman–Crippen LogP) is 4.82. The van der Waals surface area contributed by atoms with Crippen molar-refractivity contribution in [3.63, 3.8) is 0 Å². The van der Waals surface area contributed by atoms with Crippen LogP contribution in [-0.4, -0.2) is 38.4 Å². The van der Waals surface area contributed by atoms with E-state index in [2.05, 4.69) is 15.1 Å². The zero-order valence-electron chi connectivity index (χ0n) is 17.5. The lowest BCUT2D eigenvalue weighted by molar-refractivity contribution is -0.150. The molecule has 3 aromatic rings. The first-order valence-electron chi connectivity index (χ1n) is 9.57. The van der Waals surface area contributed by atoms with Crippen LogP contribution in [0, 0.1) is 0 Å². The fourth-order valence-electron chi connectivity index (χ4n) is 2.57. The Hall–Kier alpha value is -3.84. The summed E-state index contributed by atoms with van der Waals surface area (Å²) in [5.74, 6) is -2.30. The van der Waals surface area contributed by atoms with E-state index in [4.69, 9.17) is 14.2 Å². The number of benzene rings is 1. The van der Waals surface area contributed by atoms with E-state index in [9.17, 15) is 31.1 Å². The minimum atomic E-state index is -4.86. The average molecular weight is 490 g/mol. The van der Waals surface area contributed by atoms with Crippen molar-refractivity contribution in [1.82, 2.24) is 19.7 Å². The van der Waals surface area contributed by atoms with Gasteiger partial charge in [0.25, 0.3) is 5.95 Å². The molecule has 0 aliphatic rings. The molecule has 0 saturated heterocycles. The maximum Gasteiger partial charge on any atom is 0.435 e. The van der Waals surface area contributed by atoms with Crippen molar-refractivity contribution in [3.05, 3.63) is 53.9 Å². The lowest BCUT2D eigenvalue weighted by Crippen LogP contribution is -2.27. The summed E-state index contributed by atoms with van der Waals surface area (Å²) in [6, 6.07) is 5.65. The number of rotatable bonds is 7. The van der Waals surface area contributed by atoms with E-state index in [1.165, 1.54) is 19.1 Å². The second-order valence-electron chi connectivity index (χ2n) is 6.61. The molecule has 34 heavy (non-hydrogen) atoms. The predicted molar refractivity (Wildman–Crippen MR) is 102 cm³/mol. The molecular weight excluding hydrogens is 474 g/mol. The number of carbonyl (C=O) groups is 1. The summed E-state index contributed by atoms with van der Waals surface area (Å²) in [7, 11) is 0. The van der Waals surface area contributed by atoms with Gasteiger partial charge in [0.15, 0.2) is 11.8 Å². The van der Waals surface area contributed by atoms with Gasteiger partial charge >= 0.3 is 18.3 Å². The van der Waals surface area contributed by atoms with Crippen molar-refractivity contribution in [2.24, 2.45) is 0 Å². The SMILES string of the molecule is CCOC(=O)C(C)Oc1cc(C(F)(F)F)nn1-c1nccc(Oc2cccc(C(F)(F)F)c2)n1. The Bertz CT molecular complexity index is 1160. The molecule has 0 radical (unpaired) electrons. The molecule has 1 unspecified atom stereocenters. The third kappa shape index (κ3) is 5.94. The quantitative estimate of drug-likeness (QED) is 0.347. The minimum absolute atomic E-state index is 0.0254. The molecule has 0 aliphatic carbocycles. The Labute approximate surface area is 188 Å². The van der Waals surface area contributed by atoms with E-state index in [1.54, 1.807) is 6.92 Å². The minimum Gasteiger partial charge on any atom is -0.463 e. The molecule has 14 heteroatoms. The van der Waals surface area contributed by atoms with Gasteiger partial charge in [0.1, 0.15) is 5.75 Å². The van der Waals surface area contributed by atoms with Crippen LogP contribution in [0.15, 0.2) is 42.6 Å². The maximum absolute atomic E-state index is 13.2. The Kier molecular flexibility index (Phi) is 6.98. The molecule has 1 aromatic carbocycles. The molecular formula is C20H16F6N4O4. The van der Waals surface area contributed by atoms with Crippen LogP contribution < -0.4 is 9.47 Å². The highest BCUT2D eigenvalue weighted by molar-refractivity contribution is 5.74. The Morgan fingerprint density at radius 1 is 1.09 bits per heavy atom. The molecule has 2 aromatic heterocycles. The van der Waals surface area contributed by atoms with Gasteiger partial charge in [0.2, 0.25) is 11.8 Å². The Morgan fingerprint density at radius 2 is 1.82 bits per heavy atom. The highest BCUT2D eigenvalue weighted by atomic mass is 19.4. The van der Waals surface area contributed by atoms with Crippen LogP contribution in [0.25, 0.3) is 5.95 Å². The molecule has 0 bridgehead atoms. The number of aromatic nitrogens is 4. The largest absolute Gasteiger partial charge is 0.463 e. The number of ether oxygens (including phenoxy) is 3. The lowest BCUT2D eigenvalue weighted by atomic mass is 10.2. The fraction of sp³-hybridized carbons (Fsp3) is 0.300. The van der Waals surface area contributed by atoms with Gasteiger partial charge in [-0.2, -0.15) is 41.1 Å². The second kappa shape index (κ2) is 9.57. The van der Waals surface area contributed by atoms with Crippen molar-refractivity contribution < 1.29 is 45.3 Å². The van der Waals surface area contributed by atoms with Crippen molar-refractivity contribution in [1.29, 1.82) is 0 Å².